The number of carbonyl (C=O) groups excluding carboxylic acids is 7. The molecule has 681 valence electrons. The van der Waals surface area contributed by atoms with Crippen LogP contribution in [0.1, 0.15) is 165 Å². The topological polar surface area (TPSA) is 381 Å². The fourth-order valence-corrected chi connectivity index (χ4v) is 18.6. The fourth-order valence-electron chi connectivity index (χ4n) is 18.6. The van der Waals surface area contributed by atoms with Gasteiger partial charge in [0, 0.05) is 150 Å². The summed E-state index contributed by atoms with van der Waals surface area (Å²) in [6.07, 6.45) is 5.12. The normalized spacial score (nSPS) is 23.1. The van der Waals surface area contributed by atoms with E-state index in [9.17, 15) is 19.2 Å². The first kappa shape index (κ1) is 102. The first-order valence-corrected chi connectivity index (χ1v) is 44.6. The molecule has 1 radical (unpaired) electrons. The third-order valence-corrected chi connectivity index (χ3v) is 25.7. The number of rotatable bonds is 39. The van der Waals surface area contributed by atoms with Crippen molar-refractivity contribution in [1.29, 1.82) is 5.26 Å². The van der Waals surface area contributed by atoms with Crippen LogP contribution in [-0.2, 0) is 128 Å². The smallest absolute Gasteiger partial charge is 0.512 e. The first-order valence-electron chi connectivity index (χ1n) is 43.3. The predicted molar refractivity (Wildman–Crippen MR) is 470 cm³/mol. The zero-order valence-electron chi connectivity index (χ0n) is 74.2. The van der Waals surface area contributed by atoms with Crippen LogP contribution < -0.4 is 24.0 Å². The summed E-state index contributed by atoms with van der Waals surface area (Å²) >= 11 is 0. The van der Waals surface area contributed by atoms with Crippen molar-refractivity contribution in [3.05, 3.63) is 292 Å². The van der Waals surface area contributed by atoms with Crippen molar-refractivity contribution in [3.63, 3.8) is 0 Å². The van der Waals surface area contributed by atoms with E-state index in [0.717, 1.165) is 38.9 Å². The molecule has 7 aromatic carbocycles. The number of hydrogen-bond acceptors (Lipinski definition) is 23. The standard InChI is InChI=1S/C101H116N4O14.CN.ClHO4.Co.H2O/c1-70-92-80(45-48-86(107)114-60-52-73-32-18-10-19-33-73)97(3,4)84(103-92)67-83-79(44-47-85(106)113-59-51-72-30-16-9-17-31-72)99(6,68-90(111)118-64-56-77-40-26-14-27-41-77)95(102-83)71(2)93-81(46-49-87(108)115-61-53-74-34-20-11-21-35-74)100(7,69-91(112)119-65-57-78-42-28-15-29-43-78)101(8,105-93)96-82(66-89(110)117-63-55-76-38-24-13-25-39-76)98(5,94(70)104-96)58-50-88(109)116-62-54-75-36-22-12-23-37-75;1-2;2-1(3,4)5;;/h9-43,67,79-82,96,102H,44-66,68-69H2,1-8H3;;(H,2,3,4,5);;1H2/q;-1;;+2;/p-1/b83-67-,92-70-,95-71-;;;;/t79-,80-,81-,82+,96?,98-,99+,100+,101+;;;;/m1..../s1. The molecule has 9 atom stereocenters. The summed E-state index contributed by atoms with van der Waals surface area (Å²) in [5.41, 5.74) is 5.59. The van der Waals surface area contributed by atoms with E-state index in [1.807, 2.05) is 253 Å². The largest absolute Gasteiger partial charge is 2.00 e. The van der Waals surface area contributed by atoms with Crippen LogP contribution in [0.25, 0.3) is 0 Å². The van der Waals surface area contributed by atoms with Gasteiger partial charge in [-0.25, -0.2) is 18.6 Å². The molecule has 0 aliphatic carbocycles. The third kappa shape index (κ3) is 27.7. The Hall–Kier alpha value is -11.1. The fraction of sp³-hybridized carbons (Fsp3) is 0.422. The number of hydrogen-bond donors (Lipinski definition) is 1. The molecule has 1 saturated heterocycles. The molecule has 5 aliphatic rings. The van der Waals surface area contributed by atoms with Crippen LogP contribution in [-0.4, -0.2) is 122 Å². The van der Waals surface area contributed by atoms with Crippen molar-refractivity contribution in [2.24, 2.45) is 60.3 Å². The molecule has 0 spiro atoms. The molecule has 0 saturated carbocycles. The van der Waals surface area contributed by atoms with Crippen LogP contribution >= 0.6 is 0 Å². The van der Waals surface area contributed by atoms with Crippen LogP contribution in [0.2, 0.25) is 0 Å². The minimum absolute atomic E-state index is 0. The molecule has 24 nitrogen and oxygen atoms in total. The number of aliphatic imine (C=N–C) groups is 3. The van der Waals surface area contributed by atoms with Crippen LogP contribution in [0.3, 0.4) is 0 Å². The molecule has 8 bridgehead atoms. The van der Waals surface area contributed by atoms with E-state index in [1.165, 1.54) is 0 Å². The summed E-state index contributed by atoms with van der Waals surface area (Å²) in [5.74, 6) is -6.07. The molecule has 1 fully saturated rings. The van der Waals surface area contributed by atoms with Gasteiger partial charge in [0.1, 0.15) is 0 Å². The molecule has 0 amide bonds. The van der Waals surface area contributed by atoms with Crippen molar-refractivity contribution >= 4 is 58.9 Å². The van der Waals surface area contributed by atoms with E-state index >= 15 is 14.4 Å². The number of nitrogens with one attached hydrogen (secondary N) is 1. The Labute approximate surface area is 764 Å². The molecule has 26 heteroatoms. The molecule has 0 aromatic heterocycles. The SMILES string of the molecule is C/C1=C2N=C(/C=C3\N/C(=C(/C)C4=N[C@@](C)(C5N=C1[C@](C)(CCC(=O)OCCc1ccccc1)[C@H]5CC(=O)OCCc1ccccc1)[C@@](C)(CC(=O)OCCc1ccccc1)[C@@H]4CCC(=O)OCCc1ccccc1)[C@@](C)(CC(=O)OCCc1ccccc1)[C@@H]3CCC(=O)OCCc1ccccc1)C(C)(C)[C@@H]/2CCC(=O)OCCc1ccccc1.O.[C-]#N.[Co+2].[O-][Cl+3]([O-])([O-])[O-]. The molecule has 12 rings (SSSR count). The number of esters is 7. The number of carbonyl (C=O) groups is 7. The van der Waals surface area contributed by atoms with E-state index in [2.05, 4.69) is 26.1 Å². The zero-order chi connectivity index (χ0) is 90.5. The second-order valence-electron chi connectivity index (χ2n) is 34.3. The molecule has 128 heavy (non-hydrogen) atoms. The van der Waals surface area contributed by atoms with Crippen LogP contribution in [0.4, 0.5) is 0 Å². The van der Waals surface area contributed by atoms with Crippen molar-refractivity contribution in [1.82, 2.24) is 5.32 Å². The number of benzene rings is 7. The maximum atomic E-state index is 15.7. The minimum atomic E-state index is -4.94. The molecule has 5 aliphatic heterocycles. The Morgan fingerprint density at radius 2 is 0.734 bits per heavy atom. The third-order valence-electron chi connectivity index (χ3n) is 25.7. The molecular formula is C102H118ClCoN5O19. The van der Waals surface area contributed by atoms with Gasteiger partial charge in [-0.3, -0.25) is 48.5 Å². The van der Waals surface area contributed by atoms with Gasteiger partial charge in [-0.05, 0) is 103 Å². The van der Waals surface area contributed by atoms with Gasteiger partial charge < -0.3 is 55.8 Å². The van der Waals surface area contributed by atoms with Gasteiger partial charge in [-0.1, -0.05) is 247 Å². The van der Waals surface area contributed by atoms with Gasteiger partial charge in [-0.15, -0.1) is 10.2 Å². The Bertz CT molecular complexity index is 5040. The number of allylic oxidation sites excluding steroid dienone is 6. The molecule has 1 unspecified atom stereocenters. The van der Waals surface area contributed by atoms with Crippen LogP contribution in [0.5, 0.6) is 0 Å². The minimum Gasteiger partial charge on any atom is -0.512 e. The van der Waals surface area contributed by atoms with Gasteiger partial charge in [0.25, 0.3) is 0 Å². The van der Waals surface area contributed by atoms with Crippen molar-refractivity contribution < 1.29 is 118 Å². The van der Waals surface area contributed by atoms with E-state index in [1.54, 1.807) is 0 Å². The number of fused-ring (bicyclic) bond motifs is 6. The Balaban J connectivity index is 0.00000217. The molecule has 5 heterocycles. The quantitative estimate of drug-likeness (QED) is 0.0212. The maximum absolute atomic E-state index is 15.7. The Morgan fingerprint density at radius 1 is 0.422 bits per heavy atom. The maximum Gasteiger partial charge on any atom is 2.00 e. The van der Waals surface area contributed by atoms with Gasteiger partial charge in [0.2, 0.25) is 0 Å². The monoisotopic (exact) mass is 1810 g/mol. The molecular weight excluding hydrogens is 1690 g/mol. The second kappa shape index (κ2) is 48.4. The van der Waals surface area contributed by atoms with Gasteiger partial charge in [-0.2, -0.15) is 0 Å². The summed E-state index contributed by atoms with van der Waals surface area (Å²) < 4.78 is 77.5. The Morgan fingerprint density at radius 3 is 1.09 bits per heavy atom. The average molecular weight is 1810 g/mol. The van der Waals surface area contributed by atoms with Gasteiger partial charge in [0.05, 0.1) is 77.1 Å². The van der Waals surface area contributed by atoms with E-state index in [4.69, 9.17) is 78.6 Å². The number of nitrogens with zero attached hydrogens (tertiary/aromatic N) is 4. The number of ether oxygens (including phenoxy) is 7. The second-order valence-corrected chi connectivity index (χ2v) is 35.0. The summed E-state index contributed by atoms with van der Waals surface area (Å²) in [5, 5.41) is 10.2. The Kier molecular flexibility index (Phi) is 38.7. The zero-order valence-corrected chi connectivity index (χ0v) is 76.0. The van der Waals surface area contributed by atoms with Gasteiger partial charge >= 0.3 is 58.6 Å². The van der Waals surface area contributed by atoms with E-state index in [0.29, 0.717) is 90.3 Å². The van der Waals surface area contributed by atoms with Crippen molar-refractivity contribution in [3.8, 4) is 0 Å². The van der Waals surface area contributed by atoms with Crippen LogP contribution in [0, 0.1) is 67.4 Å². The number of halogens is 1. The summed E-state index contributed by atoms with van der Waals surface area (Å²) in [6, 6.07) is 67.7. The predicted octanol–water partition coefficient (Wildman–Crippen LogP) is 12.3. The summed E-state index contributed by atoms with van der Waals surface area (Å²) in [6.45, 7) is 21.8. The van der Waals surface area contributed by atoms with Gasteiger partial charge in [0.15, 0.2) is 0 Å². The first-order chi connectivity index (χ1) is 60.4. The summed E-state index contributed by atoms with van der Waals surface area (Å²) in [4.78, 5) is 123. The van der Waals surface area contributed by atoms with Crippen LogP contribution in [0.15, 0.2) is 262 Å². The average Bonchev–Trinajstić information content (AvgIpc) is 1.53. The summed E-state index contributed by atoms with van der Waals surface area (Å²) in [7, 11) is -4.94. The van der Waals surface area contributed by atoms with E-state index < -0.39 is 103 Å². The molecule has 3 N–H and O–H groups in total. The van der Waals surface area contributed by atoms with Crippen molar-refractivity contribution in [2.75, 3.05) is 46.2 Å². The van der Waals surface area contributed by atoms with E-state index in [-0.39, 0.29) is 145 Å². The molecule has 7 aromatic rings. The van der Waals surface area contributed by atoms with Crippen molar-refractivity contribution in [2.45, 2.75) is 183 Å².